The van der Waals surface area contributed by atoms with Gasteiger partial charge in [-0.05, 0) is 20.8 Å². The molecule has 1 atom stereocenters. The van der Waals surface area contributed by atoms with Crippen LogP contribution in [0.4, 0.5) is 0 Å². The second-order valence-electron chi connectivity index (χ2n) is 3.10. The maximum Gasteiger partial charge on any atom is 0.0590 e. The first kappa shape index (κ1) is 10.7. The fourth-order valence-corrected chi connectivity index (χ4v) is 1.06. The average molecular weight is 157 g/mol. The Balaban J connectivity index is 0.000000461. The molecule has 1 heterocycles. The van der Waals surface area contributed by atoms with Crippen molar-refractivity contribution in [3.63, 3.8) is 0 Å². The first-order valence-corrected chi connectivity index (χ1v) is 4.21. The molecule has 1 aliphatic heterocycles. The standard InChI is InChI=1S/C7H13NO.C2H6/c1-6-4-5-7(2,3)8(6)9;1-2/h4-6,9H,1-3H3;1-2H3. The van der Waals surface area contributed by atoms with Crippen molar-refractivity contribution in [2.24, 2.45) is 0 Å². The van der Waals surface area contributed by atoms with Gasteiger partial charge in [-0.15, -0.1) is 0 Å². The van der Waals surface area contributed by atoms with Gasteiger partial charge in [0.1, 0.15) is 0 Å². The fraction of sp³-hybridized carbons (Fsp3) is 0.778. The topological polar surface area (TPSA) is 23.5 Å². The monoisotopic (exact) mass is 157 g/mol. The van der Waals surface area contributed by atoms with Gasteiger partial charge in [0.15, 0.2) is 0 Å². The van der Waals surface area contributed by atoms with E-state index in [1.165, 1.54) is 5.06 Å². The molecule has 0 aromatic heterocycles. The van der Waals surface area contributed by atoms with E-state index in [1.807, 2.05) is 46.8 Å². The largest absolute Gasteiger partial charge is 0.313 e. The Kier molecular flexibility index (Phi) is 3.76. The van der Waals surface area contributed by atoms with E-state index in [4.69, 9.17) is 0 Å². The third-order valence-electron chi connectivity index (χ3n) is 1.76. The molecule has 0 aromatic rings. The van der Waals surface area contributed by atoms with Crippen molar-refractivity contribution in [2.75, 3.05) is 0 Å². The van der Waals surface area contributed by atoms with Crippen LogP contribution in [0.5, 0.6) is 0 Å². The van der Waals surface area contributed by atoms with Gasteiger partial charge in [0, 0.05) is 0 Å². The minimum absolute atomic E-state index is 0.167. The lowest BCUT2D eigenvalue weighted by Crippen LogP contribution is -2.39. The molecule has 0 amide bonds. The highest BCUT2D eigenvalue weighted by atomic mass is 16.5. The fourth-order valence-electron chi connectivity index (χ4n) is 1.06. The maximum absolute atomic E-state index is 9.30. The van der Waals surface area contributed by atoms with Gasteiger partial charge in [-0.1, -0.05) is 26.0 Å². The molecular weight excluding hydrogens is 138 g/mol. The third-order valence-corrected chi connectivity index (χ3v) is 1.76. The second-order valence-corrected chi connectivity index (χ2v) is 3.10. The van der Waals surface area contributed by atoms with Crippen LogP contribution in [0, 0.1) is 0 Å². The quantitative estimate of drug-likeness (QED) is 0.546. The molecule has 0 aliphatic carbocycles. The minimum Gasteiger partial charge on any atom is -0.313 e. The van der Waals surface area contributed by atoms with E-state index in [-0.39, 0.29) is 11.6 Å². The molecule has 1 aliphatic rings. The first-order chi connectivity index (χ1) is 5.04. The van der Waals surface area contributed by atoms with E-state index in [0.29, 0.717) is 0 Å². The summed E-state index contributed by atoms with van der Waals surface area (Å²) in [6, 6.07) is 0.167. The van der Waals surface area contributed by atoms with Gasteiger partial charge in [0.25, 0.3) is 0 Å². The average Bonchev–Trinajstić information content (AvgIpc) is 2.21. The van der Waals surface area contributed by atoms with E-state index < -0.39 is 0 Å². The number of rotatable bonds is 0. The zero-order chi connectivity index (χ0) is 9.07. The molecule has 1 unspecified atom stereocenters. The molecule has 2 nitrogen and oxygen atoms in total. The van der Waals surface area contributed by atoms with E-state index in [2.05, 4.69) is 0 Å². The summed E-state index contributed by atoms with van der Waals surface area (Å²) in [7, 11) is 0. The van der Waals surface area contributed by atoms with Gasteiger partial charge >= 0.3 is 0 Å². The summed E-state index contributed by atoms with van der Waals surface area (Å²) in [4.78, 5) is 0. The molecule has 0 bridgehead atoms. The molecule has 0 fully saturated rings. The van der Waals surface area contributed by atoms with Crippen LogP contribution in [-0.2, 0) is 0 Å². The van der Waals surface area contributed by atoms with Crippen molar-refractivity contribution in [3.8, 4) is 0 Å². The van der Waals surface area contributed by atoms with Gasteiger partial charge in [-0.3, -0.25) is 0 Å². The zero-order valence-electron chi connectivity index (χ0n) is 8.13. The zero-order valence-corrected chi connectivity index (χ0v) is 8.13. The summed E-state index contributed by atoms with van der Waals surface area (Å²) in [5.74, 6) is 0. The number of hydrogen-bond donors (Lipinski definition) is 1. The van der Waals surface area contributed by atoms with Gasteiger partial charge in [-0.2, -0.15) is 5.06 Å². The Morgan fingerprint density at radius 3 is 1.91 bits per heavy atom. The Labute approximate surface area is 69.5 Å². The normalized spacial score (nSPS) is 28.0. The maximum atomic E-state index is 9.30. The second kappa shape index (κ2) is 3.88. The van der Waals surface area contributed by atoms with Crippen molar-refractivity contribution >= 4 is 0 Å². The van der Waals surface area contributed by atoms with Crippen LogP contribution in [0.3, 0.4) is 0 Å². The minimum atomic E-state index is -0.167. The first-order valence-electron chi connectivity index (χ1n) is 4.21. The van der Waals surface area contributed by atoms with Crippen LogP contribution in [-0.4, -0.2) is 21.9 Å². The molecule has 66 valence electrons. The van der Waals surface area contributed by atoms with Crippen LogP contribution in [0.1, 0.15) is 34.6 Å². The van der Waals surface area contributed by atoms with Crippen LogP contribution < -0.4 is 0 Å². The molecular formula is C9H19NO. The van der Waals surface area contributed by atoms with Gasteiger partial charge in [0.05, 0.1) is 11.6 Å². The van der Waals surface area contributed by atoms with Gasteiger partial charge in [-0.25, -0.2) is 0 Å². The lowest BCUT2D eigenvalue weighted by molar-refractivity contribution is -0.151. The summed E-state index contributed by atoms with van der Waals surface area (Å²) in [6.07, 6.45) is 4.01. The van der Waals surface area contributed by atoms with Crippen molar-refractivity contribution in [2.45, 2.75) is 46.2 Å². The summed E-state index contributed by atoms with van der Waals surface area (Å²) >= 11 is 0. The highest BCUT2D eigenvalue weighted by molar-refractivity contribution is 5.12. The molecule has 11 heavy (non-hydrogen) atoms. The molecule has 0 saturated heterocycles. The molecule has 2 heteroatoms. The van der Waals surface area contributed by atoms with Crippen LogP contribution in [0.2, 0.25) is 0 Å². The Hall–Kier alpha value is -0.340. The van der Waals surface area contributed by atoms with Crippen molar-refractivity contribution in [1.82, 2.24) is 5.06 Å². The van der Waals surface area contributed by atoms with Crippen LogP contribution in [0.25, 0.3) is 0 Å². The predicted molar refractivity (Wildman–Crippen MR) is 47.7 cm³/mol. The molecule has 0 aromatic carbocycles. The van der Waals surface area contributed by atoms with Crippen LogP contribution in [0.15, 0.2) is 12.2 Å². The Bertz CT molecular complexity index is 140. The van der Waals surface area contributed by atoms with Gasteiger partial charge < -0.3 is 5.21 Å². The SMILES string of the molecule is CC.CC1C=CC(C)(C)N1O. The number of hydroxylamine groups is 2. The lowest BCUT2D eigenvalue weighted by Gasteiger charge is -2.27. The highest BCUT2D eigenvalue weighted by Crippen LogP contribution is 2.23. The van der Waals surface area contributed by atoms with Crippen LogP contribution >= 0.6 is 0 Å². The number of nitrogens with zero attached hydrogens (tertiary/aromatic N) is 1. The summed E-state index contributed by atoms with van der Waals surface area (Å²) in [5, 5.41) is 10.7. The number of hydrogen-bond acceptors (Lipinski definition) is 2. The summed E-state index contributed by atoms with van der Waals surface area (Å²) < 4.78 is 0. The van der Waals surface area contributed by atoms with Gasteiger partial charge in [0.2, 0.25) is 0 Å². The van der Waals surface area contributed by atoms with Crippen molar-refractivity contribution < 1.29 is 5.21 Å². The summed E-state index contributed by atoms with van der Waals surface area (Å²) in [5.41, 5.74) is -0.167. The summed E-state index contributed by atoms with van der Waals surface area (Å²) in [6.45, 7) is 9.92. The van der Waals surface area contributed by atoms with E-state index in [9.17, 15) is 5.21 Å². The van der Waals surface area contributed by atoms with Crippen molar-refractivity contribution in [3.05, 3.63) is 12.2 Å². The Morgan fingerprint density at radius 1 is 1.36 bits per heavy atom. The van der Waals surface area contributed by atoms with E-state index >= 15 is 0 Å². The highest BCUT2D eigenvalue weighted by Gasteiger charge is 2.30. The lowest BCUT2D eigenvalue weighted by atomic mass is 10.1. The molecule has 1 rings (SSSR count). The third kappa shape index (κ3) is 2.31. The van der Waals surface area contributed by atoms with E-state index in [0.717, 1.165) is 0 Å². The molecule has 0 spiro atoms. The van der Waals surface area contributed by atoms with E-state index in [1.54, 1.807) is 0 Å². The molecule has 0 radical (unpaired) electrons. The predicted octanol–water partition coefficient (Wildman–Crippen LogP) is 2.44. The van der Waals surface area contributed by atoms with Crippen molar-refractivity contribution in [1.29, 1.82) is 0 Å². The Morgan fingerprint density at radius 2 is 1.82 bits per heavy atom. The smallest absolute Gasteiger partial charge is 0.0590 e. The molecule has 1 N–H and O–H groups in total. The molecule has 0 saturated carbocycles.